The molecule has 4 heteroatoms. The molecule has 1 N–H and O–H groups in total. The fourth-order valence-corrected chi connectivity index (χ4v) is 3.57. The van der Waals surface area contributed by atoms with Crippen LogP contribution in [0.1, 0.15) is 37.2 Å². The Labute approximate surface area is 109 Å². The molecular formula is C14H22N4. The molecule has 0 saturated carbocycles. The van der Waals surface area contributed by atoms with Gasteiger partial charge in [0, 0.05) is 25.0 Å². The van der Waals surface area contributed by atoms with E-state index in [0.29, 0.717) is 12.1 Å². The van der Waals surface area contributed by atoms with Crippen LogP contribution in [0.15, 0.2) is 12.4 Å². The van der Waals surface area contributed by atoms with Crippen molar-refractivity contribution in [3.63, 3.8) is 0 Å². The van der Waals surface area contributed by atoms with Gasteiger partial charge in [-0.25, -0.2) is 0 Å². The van der Waals surface area contributed by atoms with E-state index in [2.05, 4.69) is 34.0 Å². The summed E-state index contributed by atoms with van der Waals surface area (Å²) in [5.41, 5.74) is 2.21. The summed E-state index contributed by atoms with van der Waals surface area (Å²) in [6, 6.07) is 1.07. The molecule has 3 rings (SSSR count). The van der Waals surface area contributed by atoms with Gasteiger partial charge in [0.1, 0.15) is 0 Å². The summed E-state index contributed by atoms with van der Waals surface area (Å²) in [6.07, 6.45) is 6.28. The van der Waals surface area contributed by atoms with Crippen LogP contribution in [0.5, 0.6) is 0 Å². The highest BCUT2D eigenvalue weighted by Crippen LogP contribution is 2.33. The predicted octanol–water partition coefficient (Wildman–Crippen LogP) is 1.53. The van der Waals surface area contributed by atoms with Crippen molar-refractivity contribution in [2.75, 3.05) is 19.6 Å². The Balaban J connectivity index is 1.83. The number of aryl methyl sites for hydroxylation is 1. The molecule has 0 aliphatic carbocycles. The third kappa shape index (κ3) is 2.04. The number of fused-ring (bicyclic) bond motifs is 1. The lowest BCUT2D eigenvalue weighted by Crippen LogP contribution is -2.46. The van der Waals surface area contributed by atoms with Crippen molar-refractivity contribution in [1.29, 1.82) is 0 Å². The number of piperidine rings is 1. The van der Waals surface area contributed by atoms with Crippen molar-refractivity contribution in [3.8, 4) is 0 Å². The maximum absolute atomic E-state index is 4.54. The topological polar surface area (TPSA) is 41.1 Å². The van der Waals surface area contributed by atoms with Gasteiger partial charge in [-0.3, -0.25) is 14.9 Å². The number of aromatic nitrogens is 2. The second-order valence-electron chi connectivity index (χ2n) is 5.57. The van der Waals surface area contributed by atoms with Crippen LogP contribution in [0, 0.1) is 12.8 Å². The van der Waals surface area contributed by atoms with Crippen molar-refractivity contribution >= 4 is 0 Å². The second kappa shape index (κ2) is 4.94. The Bertz CT molecular complexity index is 420. The van der Waals surface area contributed by atoms with Gasteiger partial charge in [-0.2, -0.15) is 0 Å². The Hall–Kier alpha value is -1.00. The average molecular weight is 246 g/mol. The van der Waals surface area contributed by atoms with Gasteiger partial charge in [0.15, 0.2) is 0 Å². The molecule has 4 nitrogen and oxygen atoms in total. The molecule has 0 aromatic carbocycles. The maximum Gasteiger partial charge on any atom is 0.0784 e. The molecule has 2 saturated heterocycles. The Morgan fingerprint density at radius 3 is 3.00 bits per heavy atom. The fraction of sp³-hybridized carbons (Fsp3) is 0.714. The van der Waals surface area contributed by atoms with Crippen LogP contribution in [-0.4, -0.2) is 40.5 Å². The number of hydrogen-bond donors (Lipinski definition) is 1. The first kappa shape index (κ1) is 12.1. The Kier molecular flexibility index (Phi) is 3.31. The fourth-order valence-electron chi connectivity index (χ4n) is 3.57. The van der Waals surface area contributed by atoms with E-state index < -0.39 is 0 Å². The van der Waals surface area contributed by atoms with Crippen molar-refractivity contribution < 1.29 is 0 Å². The zero-order valence-electron chi connectivity index (χ0n) is 11.3. The number of nitrogens with one attached hydrogen (secondary N) is 1. The zero-order valence-corrected chi connectivity index (χ0v) is 11.3. The summed E-state index contributed by atoms with van der Waals surface area (Å²) in [7, 11) is 0. The van der Waals surface area contributed by atoms with Gasteiger partial charge in [0.2, 0.25) is 0 Å². The quantitative estimate of drug-likeness (QED) is 0.859. The first-order chi connectivity index (χ1) is 8.77. The van der Waals surface area contributed by atoms with Crippen molar-refractivity contribution in [2.24, 2.45) is 5.92 Å². The van der Waals surface area contributed by atoms with E-state index in [0.717, 1.165) is 23.9 Å². The molecule has 98 valence electrons. The summed E-state index contributed by atoms with van der Waals surface area (Å²) in [5.74, 6) is 0.832. The predicted molar refractivity (Wildman–Crippen MR) is 71.3 cm³/mol. The van der Waals surface area contributed by atoms with Crippen LogP contribution in [0.3, 0.4) is 0 Å². The third-order valence-electron chi connectivity index (χ3n) is 4.53. The number of hydrogen-bond acceptors (Lipinski definition) is 4. The largest absolute Gasteiger partial charge is 0.315 e. The maximum atomic E-state index is 4.54. The highest BCUT2D eigenvalue weighted by Gasteiger charge is 2.37. The van der Waals surface area contributed by atoms with Crippen LogP contribution in [-0.2, 0) is 0 Å². The normalized spacial score (nSPS) is 30.1. The van der Waals surface area contributed by atoms with E-state index >= 15 is 0 Å². The summed E-state index contributed by atoms with van der Waals surface area (Å²) >= 11 is 0. The van der Waals surface area contributed by atoms with E-state index in [1.54, 1.807) is 6.20 Å². The third-order valence-corrected chi connectivity index (χ3v) is 4.53. The highest BCUT2D eigenvalue weighted by molar-refractivity contribution is 5.14. The highest BCUT2D eigenvalue weighted by atomic mass is 15.2. The summed E-state index contributed by atoms with van der Waals surface area (Å²) in [5, 5.41) is 3.54. The SMILES string of the molecule is Cc1nccnc1C(C)N1CCCC2CNCC21. The van der Waals surface area contributed by atoms with Gasteiger partial charge in [0.25, 0.3) is 0 Å². The lowest BCUT2D eigenvalue weighted by atomic mass is 9.90. The first-order valence-corrected chi connectivity index (χ1v) is 7.01. The lowest BCUT2D eigenvalue weighted by Gasteiger charge is -2.40. The van der Waals surface area contributed by atoms with Gasteiger partial charge < -0.3 is 5.32 Å². The minimum absolute atomic E-state index is 0.381. The van der Waals surface area contributed by atoms with E-state index in [1.807, 2.05) is 6.20 Å². The number of rotatable bonds is 2. The molecule has 3 unspecified atom stereocenters. The molecule has 2 fully saturated rings. The van der Waals surface area contributed by atoms with Crippen LogP contribution in [0.2, 0.25) is 0 Å². The molecule has 0 radical (unpaired) electrons. The van der Waals surface area contributed by atoms with Gasteiger partial charge in [0.05, 0.1) is 17.4 Å². The van der Waals surface area contributed by atoms with E-state index in [9.17, 15) is 0 Å². The van der Waals surface area contributed by atoms with Crippen molar-refractivity contribution in [1.82, 2.24) is 20.2 Å². The van der Waals surface area contributed by atoms with Crippen molar-refractivity contribution in [3.05, 3.63) is 23.8 Å². The Morgan fingerprint density at radius 1 is 1.33 bits per heavy atom. The van der Waals surface area contributed by atoms with Crippen LogP contribution in [0.25, 0.3) is 0 Å². The summed E-state index contributed by atoms with van der Waals surface area (Å²) in [6.45, 7) is 7.85. The molecule has 18 heavy (non-hydrogen) atoms. The summed E-state index contributed by atoms with van der Waals surface area (Å²) < 4.78 is 0. The average Bonchev–Trinajstić information content (AvgIpc) is 2.86. The molecule has 3 atom stereocenters. The van der Waals surface area contributed by atoms with Crippen LogP contribution in [0.4, 0.5) is 0 Å². The molecule has 2 aliphatic rings. The smallest absolute Gasteiger partial charge is 0.0784 e. The number of nitrogens with zero attached hydrogens (tertiary/aromatic N) is 3. The molecule has 0 spiro atoms. The van der Waals surface area contributed by atoms with E-state index in [-0.39, 0.29) is 0 Å². The zero-order chi connectivity index (χ0) is 12.5. The van der Waals surface area contributed by atoms with Gasteiger partial charge in [-0.1, -0.05) is 0 Å². The Morgan fingerprint density at radius 2 is 2.17 bits per heavy atom. The van der Waals surface area contributed by atoms with E-state index in [1.165, 1.54) is 25.9 Å². The van der Waals surface area contributed by atoms with Gasteiger partial charge >= 0.3 is 0 Å². The van der Waals surface area contributed by atoms with Gasteiger partial charge in [-0.05, 0) is 45.7 Å². The van der Waals surface area contributed by atoms with Crippen molar-refractivity contribution in [2.45, 2.75) is 38.8 Å². The molecule has 1 aromatic rings. The van der Waals surface area contributed by atoms with Gasteiger partial charge in [-0.15, -0.1) is 0 Å². The summed E-state index contributed by atoms with van der Waals surface area (Å²) in [4.78, 5) is 11.5. The molecule has 0 amide bonds. The minimum Gasteiger partial charge on any atom is -0.315 e. The minimum atomic E-state index is 0.381. The number of likely N-dealkylation sites (tertiary alicyclic amines) is 1. The molecule has 0 bridgehead atoms. The van der Waals surface area contributed by atoms with Crippen LogP contribution >= 0.6 is 0 Å². The van der Waals surface area contributed by atoms with E-state index in [4.69, 9.17) is 0 Å². The molecule has 2 aliphatic heterocycles. The monoisotopic (exact) mass is 246 g/mol. The standard InChI is InChI=1S/C14H22N4/c1-10-14(17-6-5-16-10)11(2)18-7-3-4-12-8-15-9-13(12)18/h5-6,11-13,15H,3-4,7-9H2,1-2H3. The van der Waals surface area contributed by atoms with Crippen LogP contribution < -0.4 is 5.32 Å². The first-order valence-electron chi connectivity index (χ1n) is 7.01. The lowest BCUT2D eigenvalue weighted by molar-refractivity contribution is 0.0824. The molecular weight excluding hydrogens is 224 g/mol. The second-order valence-corrected chi connectivity index (χ2v) is 5.57. The molecule has 3 heterocycles. The molecule has 1 aromatic heterocycles.